The van der Waals surface area contributed by atoms with E-state index in [1.54, 1.807) is 0 Å². The van der Waals surface area contributed by atoms with Crippen LogP contribution in [0.25, 0.3) is 0 Å². The fourth-order valence-electron chi connectivity index (χ4n) is 8.97. The van der Waals surface area contributed by atoms with Gasteiger partial charge < -0.3 is 39.4 Å². The SMILES string of the molecule is CCCCCCCCCCCCCCCCCCCCCCCCCCCOCC(COC1OC(CO)C(O)C(O)C1O)OC(=O)CCCCCCCCCCCCCCCCC. The molecule has 1 rings (SSSR count). The Morgan fingerprint density at radius 3 is 1.13 bits per heavy atom. The molecule has 0 aromatic heterocycles. The lowest BCUT2D eigenvalue weighted by molar-refractivity contribution is -0.305. The van der Waals surface area contributed by atoms with E-state index in [2.05, 4.69) is 13.8 Å². The van der Waals surface area contributed by atoms with Crippen LogP contribution in [-0.4, -0.2) is 89.6 Å². The molecule has 0 bridgehead atoms. The standard InChI is InChI=1S/C54H106O9/c1-3-5-7-9-11-13-15-17-19-20-21-22-23-24-25-26-27-28-30-32-34-36-38-40-42-44-60-46-48(47-61-54-53(59)52(58)51(57)49(45-55)63-54)62-50(56)43-41-39-37-35-33-31-29-18-16-14-12-10-8-6-4-2/h48-49,51-55,57-59H,3-47H2,1-2H3. The van der Waals surface area contributed by atoms with Crippen LogP contribution in [0.2, 0.25) is 0 Å². The van der Waals surface area contributed by atoms with Gasteiger partial charge in [0.25, 0.3) is 0 Å². The Bertz CT molecular complexity index is 935. The fourth-order valence-corrected chi connectivity index (χ4v) is 8.97. The molecule has 1 aliphatic heterocycles. The summed E-state index contributed by atoms with van der Waals surface area (Å²) in [5.74, 6) is -0.305. The molecule has 1 heterocycles. The third-order valence-corrected chi connectivity index (χ3v) is 13.3. The second kappa shape index (κ2) is 46.3. The molecule has 4 N–H and O–H groups in total. The van der Waals surface area contributed by atoms with Crippen LogP contribution in [0.3, 0.4) is 0 Å². The predicted molar refractivity (Wildman–Crippen MR) is 261 cm³/mol. The van der Waals surface area contributed by atoms with Crippen LogP contribution in [0.5, 0.6) is 0 Å². The molecule has 9 nitrogen and oxygen atoms in total. The third-order valence-electron chi connectivity index (χ3n) is 13.3. The van der Waals surface area contributed by atoms with Crippen molar-refractivity contribution in [1.29, 1.82) is 0 Å². The van der Waals surface area contributed by atoms with E-state index in [0.717, 1.165) is 32.1 Å². The number of hydrogen-bond donors (Lipinski definition) is 4. The molecule has 0 aromatic rings. The predicted octanol–water partition coefficient (Wildman–Crippen LogP) is 13.8. The van der Waals surface area contributed by atoms with Crippen molar-refractivity contribution < 1.29 is 44.2 Å². The first-order chi connectivity index (χ1) is 30.9. The molecule has 1 aliphatic rings. The van der Waals surface area contributed by atoms with E-state index in [4.69, 9.17) is 18.9 Å². The molecule has 6 unspecified atom stereocenters. The van der Waals surface area contributed by atoms with Gasteiger partial charge in [-0.25, -0.2) is 0 Å². The Kier molecular flexibility index (Phi) is 44.3. The molecule has 6 atom stereocenters. The average Bonchev–Trinajstić information content (AvgIpc) is 3.28. The van der Waals surface area contributed by atoms with E-state index in [9.17, 15) is 25.2 Å². The van der Waals surface area contributed by atoms with Gasteiger partial charge in [-0.1, -0.05) is 258 Å². The summed E-state index contributed by atoms with van der Waals surface area (Å²) in [6.07, 6.45) is 45.8. The van der Waals surface area contributed by atoms with Gasteiger partial charge in [0.2, 0.25) is 0 Å². The fraction of sp³-hybridized carbons (Fsp3) is 0.981. The van der Waals surface area contributed by atoms with E-state index in [1.807, 2.05) is 0 Å². The van der Waals surface area contributed by atoms with Crippen molar-refractivity contribution in [3.05, 3.63) is 0 Å². The molecule has 9 heteroatoms. The summed E-state index contributed by atoms with van der Waals surface area (Å²) in [4.78, 5) is 12.8. The maximum absolute atomic E-state index is 12.8. The van der Waals surface area contributed by atoms with Gasteiger partial charge >= 0.3 is 5.97 Å². The maximum atomic E-state index is 12.8. The van der Waals surface area contributed by atoms with Crippen LogP contribution >= 0.6 is 0 Å². The molecule has 0 saturated carbocycles. The Hall–Kier alpha value is -0.810. The van der Waals surface area contributed by atoms with E-state index in [0.29, 0.717) is 13.0 Å². The van der Waals surface area contributed by atoms with Crippen LogP contribution in [0.15, 0.2) is 0 Å². The van der Waals surface area contributed by atoms with Gasteiger partial charge in [0.1, 0.15) is 30.5 Å². The molecular weight excluding hydrogens is 793 g/mol. The summed E-state index contributed by atoms with van der Waals surface area (Å²) in [6, 6.07) is 0. The highest BCUT2D eigenvalue weighted by Gasteiger charge is 2.44. The van der Waals surface area contributed by atoms with E-state index in [1.165, 1.54) is 225 Å². The summed E-state index contributed by atoms with van der Waals surface area (Å²) in [5.41, 5.74) is 0. The van der Waals surface area contributed by atoms with Crippen molar-refractivity contribution in [1.82, 2.24) is 0 Å². The lowest BCUT2D eigenvalue weighted by Crippen LogP contribution is -2.59. The Morgan fingerprint density at radius 2 is 0.778 bits per heavy atom. The van der Waals surface area contributed by atoms with Crippen molar-refractivity contribution in [3.8, 4) is 0 Å². The topological polar surface area (TPSA) is 135 Å². The number of unbranched alkanes of at least 4 members (excludes halogenated alkanes) is 38. The van der Waals surface area contributed by atoms with Crippen LogP contribution in [-0.2, 0) is 23.7 Å². The number of ether oxygens (including phenoxy) is 4. The number of rotatable bonds is 49. The van der Waals surface area contributed by atoms with E-state index < -0.39 is 43.4 Å². The van der Waals surface area contributed by atoms with Gasteiger partial charge in [0, 0.05) is 13.0 Å². The second-order valence-corrected chi connectivity index (χ2v) is 19.4. The van der Waals surface area contributed by atoms with Crippen LogP contribution in [0.1, 0.15) is 277 Å². The molecule has 0 aromatic carbocycles. The number of aliphatic hydroxyl groups is 4. The normalized spacial score (nSPS) is 19.5. The van der Waals surface area contributed by atoms with Crippen LogP contribution in [0.4, 0.5) is 0 Å². The summed E-state index contributed by atoms with van der Waals surface area (Å²) in [7, 11) is 0. The molecule has 0 spiro atoms. The minimum absolute atomic E-state index is 0.104. The summed E-state index contributed by atoms with van der Waals surface area (Å²) in [5, 5.41) is 40.3. The molecular formula is C54H106O9. The third kappa shape index (κ3) is 36.9. The first-order valence-corrected chi connectivity index (χ1v) is 27.6. The Morgan fingerprint density at radius 1 is 0.444 bits per heavy atom. The largest absolute Gasteiger partial charge is 0.457 e. The average molecular weight is 899 g/mol. The lowest BCUT2D eigenvalue weighted by Gasteiger charge is -2.39. The van der Waals surface area contributed by atoms with Gasteiger partial charge in [-0.3, -0.25) is 4.79 Å². The summed E-state index contributed by atoms with van der Waals surface area (Å²) >= 11 is 0. The number of aliphatic hydroxyl groups excluding tert-OH is 4. The molecule has 0 amide bonds. The first kappa shape index (κ1) is 60.2. The summed E-state index contributed by atoms with van der Waals surface area (Å²) in [6.45, 7) is 4.63. The minimum Gasteiger partial charge on any atom is -0.457 e. The van der Waals surface area contributed by atoms with Crippen molar-refractivity contribution in [3.63, 3.8) is 0 Å². The molecule has 1 saturated heterocycles. The molecule has 0 aliphatic carbocycles. The molecule has 0 radical (unpaired) electrons. The van der Waals surface area contributed by atoms with E-state index in [-0.39, 0.29) is 19.2 Å². The number of hydrogen-bond acceptors (Lipinski definition) is 9. The zero-order valence-electron chi connectivity index (χ0n) is 41.6. The van der Waals surface area contributed by atoms with Gasteiger partial charge in [0.05, 0.1) is 19.8 Å². The van der Waals surface area contributed by atoms with Crippen LogP contribution in [0, 0.1) is 0 Å². The number of esters is 1. The van der Waals surface area contributed by atoms with Gasteiger partial charge in [0.15, 0.2) is 6.29 Å². The zero-order valence-corrected chi connectivity index (χ0v) is 41.6. The van der Waals surface area contributed by atoms with E-state index >= 15 is 0 Å². The zero-order chi connectivity index (χ0) is 45.7. The smallest absolute Gasteiger partial charge is 0.306 e. The second-order valence-electron chi connectivity index (χ2n) is 19.4. The monoisotopic (exact) mass is 899 g/mol. The highest BCUT2D eigenvalue weighted by atomic mass is 16.7. The molecule has 63 heavy (non-hydrogen) atoms. The number of carbonyl (C=O) groups is 1. The van der Waals surface area contributed by atoms with Gasteiger partial charge in [-0.2, -0.15) is 0 Å². The highest BCUT2D eigenvalue weighted by Crippen LogP contribution is 2.23. The Balaban J connectivity index is 2.12. The van der Waals surface area contributed by atoms with Gasteiger partial charge in [-0.05, 0) is 12.8 Å². The summed E-state index contributed by atoms with van der Waals surface area (Å²) < 4.78 is 22.9. The molecule has 376 valence electrons. The molecule has 1 fully saturated rings. The Labute approximate surface area is 389 Å². The van der Waals surface area contributed by atoms with Crippen LogP contribution < -0.4 is 0 Å². The quantitative estimate of drug-likeness (QED) is 0.0348. The number of carbonyl (C=O) groups excluding carboxylic acids is 1. The van der Waals surface area contributed by atoms with Crippen molar-refractivity contribution in [2.45, 2.75) is 314 Å². The van der Waals surface area contributed by atoms with Gasteiger partial charge in [-0.15, -0.1) is 0 Å². The first-order valence-electron chi connectivity index (χ1n) is 27.6. The minimum atomic E-state index is -1.53. The van der Waals surface area contributed by atoms with Crippen molar-refractivity contribution in [2.75, 3.05) is 26.4 Å². The lowest BCUT2D eigenvalue weighted by atomic mass is 9.99. The highest BCUT2D eigenvalue weighted by molar-refractivity contribution is 5.69. The maximum Gasteiger partial charge on any atom is 0.306 e. The van der Waals surface area contributed by atoms with Crippen molar-refractivity contribution in [2.24, 2.45) is 0 Å². The van der Waals surface area contributed by atoms with Crippen molar-refractivity contribution >= 4 is 5.97 Å².